The van der Waals surface area contributed by atoms with Crippen molar-refractivity contribution in [3.05, 3.63) is 54.1 Å². The van der Waals surface area contributed by atoms with Crippen molar-refractivity contribution in [2.45, 2.75) is 26.3 Å². The molecule has 0 amide bonds. The summed E-state index contributed by atoms with van der Waals surface area (Å²) in [6, 6.07) is 17.6. The minimum absolute atomic E-state index is 0.379. The van der Waals surface area contributed by atoms with Gasteiger partial charge < -0.3 is 24.7 Å². The number of hydrogen-bond donors (Lipinski definition) is 2. The van der Waals surface area contributed by atoms with E-state index in [1.165, 1.54) is 16.9 Å². The van der Waals surface area contributed by atoms with Crippen LogP contribution in [0.3, 0.4) is 0 Å². The average Bonchev–Trinajstić information content (AvgIpc) is 2.72. The summed E-state index contributed by atoms with van der Waals surface area (Å²) in [6.45, 7) is 5.43. The molecule has 0 aromatic heterocycles. The third kappa shape index (κ3) is 7.03. The molecule has 0 radical (unpaired) electrons. The van der Waals surface area contributed by atoms with Gasteiger partial charge >= 0.3 is 11.9 Å². The van der Waals surface area contributed by atoms with Crippen LogP contribution in [-0.2, 0) is 9.59 Å². The molecule has 2 aromatic carbocycles. The van der Waals surface area contributed by atoms with Crippen molar-refractivity contribution in [2.75, 3.05) is 37.5 Å². The Morgan fingerprint density at radius 2 is 1.38 bits per heavy atom. The molecule has 0 saturated carbocycles. The quantitative estimate of drug-likeness (QED) is 0.679. The largest absolute Gasteiger partial charge is 0.497 e. The molecule has 2 rings (SSSR count). The third-order valence-electron chi connectivity index (χ3n) is 4.48. The highest BCUT2D eigenvalue weighted by Gasteiger charge is 2.18. The molecule has 0 heterocycles. The average molecular weight is 402 g/mol. The monoisotopic (exact) mass is 402 g/mol. The number of aliphatic carboxylic acids is 2. The molecule has 29 heavy (non-hydrogen) atoms. The predicted molar refractivity (Wildman–Crippen MR) is 115 cm³/mol. The number of nitrogens with zero attached hydrogens (tertiary/aromatic N) is 2. The van der Waals surface area contributed by atoms with Crippen molar-refractivity contribution in [3.63, 3.8) is 0 Å². The SMILES string of the molecule is CCC(c1ccc(N(C)C)cc1)N(CC)c1ccc(OC)cc1.O=C(O)C(=O)O. The van der Waals surface area contributed by atoms with Crippen LogP contribution in [0.2, 0.25) is 0 Å². The molecule has 7 heteroatoms. The van der Waals surface area contributed by atoms with Crippen LogP contribution in [0.5, 0.6) is 5.75 Å². The van der Waals surface area contributed by atoms with Crippen molar-refractivity contribution in [1.82, 2.24) is 0 Å². The minimum Gasteiger partial charge on any atom is -0.497 e. The van der Waals surface area contributed by atoms with Crippen LogP contribution < -0.4 is 14.5 Å². The molecule has 0 aliphatic rings. The maximum absolute atomic E-state index is 9.10. The van der Waals surface area contributed by atoms with E-state index in [1.807, 2.05) is 12.1 Å². The molecule has 0 aliphatic carbocycles. The summed E-state index contributed by atoms with van der Waals surface area (Å²) in [4.78, 5) is 22.8. The van der Waals surface area contributed by atoms with Gasteiger partial charge in [0.2, 0.25) is 0 Å². The lowest BCUT2D eigenvalue weighted by Gasteiger charge is -2.33. The molecule has 1 unspecified atom stereocenters. The van der Waals surface area contributed by atoms with Crippen molar-refractivity contribution in [1.29, 1.82) is 0 Å². The fraction of sp³-hybridized carbons (Fsp3) is 0.364. The molecular weight excluding hydrogens is 372 g/mol. The van der Waals surface area contributed by atoms with Gasteiger partial charge in [0, 0.05) is 32.0 Å². The molecule has 0 spiro atoms. The van der Waals surface area contributed by atoms with Gasteiger partial charge in [0.15, 0.2) is 0 Å². The molecule has 158 valence electrons. The van der Waals surface area contributed by atoms with Crippen LogP contribution in [0.1, 0.15) is 31.9 Å². The summed E-state index contributed by atoms with van der Waals surface area (Å²) in [6.07, 6.45) is 1.07. The number of methoxy groups -OCH3 is 1. The fourth-order valence-corrected chi connectivity index (χ4v) is 2.99. The zero-order valence-electron chi connectivity index (χ0n) is 17.6. The van der Waals surface area contributed by atoms with E-state index in [9.17, 15) is 0 Å². The van der Waals surface area contributed by atoms with Crippen molar-refractivity contribution in [2.24, 2.45) is 0 Å². The Morgan fingerprint density at radius 1 is 0.897 bits per heavy atom. The number of anilines is 2. The molecule has 0 fully saturated rings. The van der Waals surface area contributed by atoms with Crippen molar-refractivity contribution in [3.8, 4) is 5.75 Å². The van der Waals surface area contributed by atoms with Gasteiger partial charge in [0.1, 0.15) is 5.75 Å². The summed E-state index contributed by atoms with van der Waals surface area (Å²) < 4.78 is 5.27. The van der Waals surface area contributed by atoms with Gasteiger partial charge in [-0.1, -0.05) is 19.1 Å². The van der Waals surface area contributed by atoms with Crippen LogP contribution >= 0.6 is 0 Å². The van der Waals surface area contributed by atoms with Gasteiger partial charge in [-0.25, -0.2) is 9.59 Å². The smallest absolute Gasteiger partial charge is 0.414 e. The predicted octanol–water partition coefficient (Wildman–Crippen LogP) is 3.89. The highest BCUT2D eigenvalue weighted by molar-refractivity contribution is 6.27. The van der Waals surface area contributed by atoms with E-state index in [0.29, 0.717) is 6.04 Å². The molecule has 0 saturated heterocycles. The lowest BCUT2D eigenvalue weighted by Crippen LogP contribution is -2.28. The van der Waals surface area contributed by atoms with E-state index in [2.05, 4.69) is 74.1 Å². The lowest BCUT2D eigenvalue weighted by atomic mass is 10.0. The Bertz CT molecular complexity index is 761. The van der Waals surface area contributed by atoms with E-state index in [-0.39, 0.29) is 0 Å². The van der Waals surface area contributed by atoms with Crippen LogP contribution in [0.25, 0.3) is 0 Å². The van der Waals surface area contributed by atoms with Gasteiger partial charge in [-0.15, -0.1) is 0 Å². The third-order valence-corrected chi connectivity index (χ3v) is 4.48. The summed E-state index contributed by atoms with van der Waals surface area (Å²) in [5.41, 5.74) is 3.82. The van der Waals surface area contributed by atoms with Gasteiger partial charge in [-0.2, -0.15) is 0 Å². The Balaban J connectivity index is 0.000000612. The molecule has 0 aliphatic heterocycles. The summed E-state index contributed by atoms with van der Waals surface area (Å²) in [5.74, 6) is -2.75. The second kappa shape index (κ2) is 11.6. The lowest BCUT2D eigenvalue weighted by molar-refractivity contribution is -0.159. The topological polar surface area (TPSA) is 90.3 Å². The highest BCUT2D eigenvalue weighted by atomic mass is 16.5. The Kier molecular flexibility index (Phi) is 9.51. The zero-order chi connectivity index (χ0) is 22.0. The van der Waals surface area contributed by atoms with E-state index in [4.69, 9.17) is 24.5 Å². The number of carboxylic acid groups (broad SMARTS) is 2. The first-order valence-corrected chi connectivity index (χ1v) is 9.39. The Morgan fingerprint density at radius 3 is 1.72 bits per heavy atom. The van der Waals surface area contributed by atoms with E-state index in [1.54, 1.807) is 7.11 Å². The van der Waals surface area contributed by atoms with Gasteiger partial charge in [0.05, 0.1) is 13.2 Å². The summed E-state index contributed by atoms with van der Waals surface area (Å²) in [5, 5.41) is 14.8. The van der Waals surface area contributed by atoms with E-state index in [0.717, 1.165) is 18.7 Å². The summed E-state index contributed by atoms with van der Waals surface area (Å²) >= 11 is 0. The van der Waals surface area contributed by atoms with Crippen molar-refractivity contribution >= 4 is 23.3 Å². The van der Waals surface area contributed by atoms with Gasteiger partial charge in [-0.3, -0.25) is 0 Å². The maximum atomic E-state index is 9.10. The standard InChI is InChI=1S/C20H28N2O.C2H2O4/c1-6-20(16-8-10-17(11-9-16)21(3)4)22(7-2)18-12-14-19(23-5)15-13-18;3-1(4)2(5)6/h8-15,20H,6-7H2,1-5H3;(H,3,4)(H,5,6). The van der Waals surface area contributed by atoms with Crippen LogP contribution in [0.4, 0.5) is 11.4 Å². The Hall–Kier alpha value is -3.22. The Labute approximate surface area is 172 Å². The molecule has 0 bridgehead atoms. The molecule has 2 N–H and O–H groups in total. The number of benzene rings is 2. The zero-order valence-corrected chi connectivity index (χ0v) is 17.6. The van der Waals surface area contributed by atoms with Crippen LogP contribution in [0.15, 0.2) is 48.5 Å². The first kappa shape index (κ1) is 23.8. The minimum atomic E-state index is -1.82. The summed E-state index contributed by atoms with van der Waals surface area (Å²) in [7, 11) is 5.85. The van der Waals surface area contributed by atoms with Gasteiger partial charge in [-0.05, 0) is 55.3 Å². The molecular formula is C22H30N2O5. The molecule has 1 atom stereocenters. The van der Waals surface area contributed by atoms with Crippen LogP contribution in [-0.4, -0.2) is 49.9 Å². The first-order valence-electron chi connectivity index (χ1n) is 9.39. The second-order valence-corrected chi connectivity index (χ2v) is 6.50. The number of hydrogen-bond acceptors (Lipinski definition) is 5. The molecule has 7 nitrogen and oxygen atoms in total. The van der Waals surface area contributed by atoms with E-state index < -0.39 is 11.9 Å². The van der Waals surface area contributed by atoms with E-state index >= 15 is 0 Å². The first-order chi connectivity index (χ1) is 13.7. The fourth-order valence-electron chi connectivity index (χ4n) is 2.99. The molecule has 2 aromatic rings. The normalized spacial score (nSPS) is 10.9. The van der Waals surface area contributed by atoms with Gasteiger partial charge in [0.25, 0.3) is 0 Å². The number of carbonyl (C=O) groups is 2. The van der Waals surface area contributed by atoms with Crippen LogP contribution in [0, 0.1) is 0 Å². The number of carboxylic acids is 2. The number of ether oxygens (including phenoxy) is 1. The maximum Gasteiger partial charge on any atom is 0.414 e. The highest BCUT2D eigenvalue weighted by Crippen LogP contribution is 2.31. The second-order valence-electron chi connectivity index (χ2n) is 6.50. The number of rotatable bonds is 7. The van der Waals surface area contributed by atoms with Crippen molar-refractivity contribution < 1.29 is 24.5 Å².